The van der Waals surface area contributed by atoms with Crippen molar-refractivity contribution in [1.82, 2.24) is 0 Å². The maximum Gasteiger partial charge on any atom is 0.534 e. The van der Waals surface area contributed by atoms with Gasteiger partial charge >= 0.3 is 31.3 Å². The molecule has 0 bridgehead atoms. The second-order valence-corrected chi connectivity index (χ2v) is 13.1. The van der Waals surface area contributed by atoms with Crippen LogP contribution in [0.25, 0.3) is 54.6 Å². The number of rotatable bonds is 6. The molecule has 0 saturated carbocycles. The Kier molecular flexibility index (Phi) is 7.40. The van der Waals surface area contributed by atoms with Gasteiger partial charge in [0.05, 0.1) is 0 Å². The zero-order chi connectivity index (χ0) is 33.1. The summed E-state index contributed by atoms with van der Waals surface area (Å²) >= 11 is 0. The lowest BCUT2D eigenvalue weighted by molar-refractivity contribution is -0.0504. The highest BCUT2D eigenvalue weighted by molar-refractivity contribution is 7.88. The van der Waals surface area contributed by atoms with Crippen molar-refractivity contribution < 1.29 is 51.5 Å². The molecule has 14 heteroatoms. The maximum absolute atomic E-state index is 13.4. The lowest BCUT2D eigenvalue weighted by Gasteiger charge is -2.18. The minimum Gasteiger partial charge on any atom is -0.375 e. The standard InChI is InChI=1S/C32H18F6O6S2/c33-31(34,35)45(39,40)43-29-17-22-18-30(44-46(41,42)32(36,37)38)28(26-14-6-10-20-8-2-4-12-24(20)26)16-21(22)15-27(29)25-13-5-9-19-7-1-3-11-23(19)25/h1-18H. The van der Waals surface area contributed by atoms with Crippen molar-refractivity contribution in [2.24, 2.45) is 0 Å². The Morgan fingerprint density at radius 1 is 0.413 bits per heavy atom. The van der Waals surface area contributed by atoms with E-state index in [0.29, 0.717) is 32.7 Å². The lowest BCUT2D eigenvalue weighted by atomic mass is 9.92. The average molecular weight is 677 g/mol. The Morgan fingerprint density at radius 2 is 0.761 bits per heavy atom. The predicted octanol–water partition coefficient (Wildman–Crippen LogP) is 8.94. The van der Waals surface area contributed by atoms with Crippen LogP contribution in [-0.2, 0) is 20.2 Å². The molecule has 46 heavy (non-hydrogen) atoms. The highest BCUT2D eigenvalue weighted by Gasteiger charge is 2.50. The fourth-order valence-electron chi connectivity index (χ4n) is 5.12. The lowest BCUT2D eigenvalue weighted by Crippen LogP contribution is -2.28. The van der Waals surface area contributed by atoms with Crippen LogP contribution in [0.3, 0.4) is 0 Å². The predicted molar refractivity (Wildman–Crippen MR) is 161 cm³/mol. The zero-order valence-corrected chi connectivity index (χ0v) is 24.6. The summed E-state index contributed by atoms with van der Waals surface area (Å²) in [5, 5.41) is 2.42. The molecule has 0 unspecified atom stereocenters. The monoisotopic (exact) mass is 676 g/mol. The van der Waals surface area contributed by atoms with E-state index < -0.39 is 42.8 Å². The molecular weight excluding hydrogens is 658 g/mol. The van der Waals surface area contributed by atoms with Crippen molar-refractivity contribution in [1.29, 1.82) is 0 Å². The average Bonchev–Trinajstić information content (AvgIpc) is 2.98. The van der Waals surface area contributed by atoms with Gasteiger partial charge in [-0.1, -0.05) is 84.9 Å². The van der Waals surface area contributed by atoms with Gasteiger partial charge in [-0.15, -0.1) is 0 Å². The second kappa shape index (κ2) is 10.9. The molecule has 0 aliphatic heterocycles. The third-order valence-electron chi connectivity index (χ3n) is 7.16. The van der Waals surface area contributed by atoms with E-state index in [1.807, 2.05) is 0 Å². The third-order valence-corrected chi connectivity index (χ3v) is 9.09. The smallest absolute Gasteiger partial charge is 0.375 e. The summed E-state index contributed by atoms with van der Waals surface area (Å²) in [6, 6.07) is 27.7. The summed E-state index contributed by atoms with van der Waals surface area (Å²) in [7, 11) is -12.4. The van der Waals surface area contributed by atoms with Gasteiger partial charge in [-0.25, -0.2) is 0 Å². The molecule has 6 aromatic rings. The number of alkyl halides is 6. The fourth-order valence-corrected chi connectivity index (χ4v) is 6.06. The summed E-state index contributed by atoms with van der Waals surface area (Å²) in [5.74, 6) is -1.60. The van der Waals surface area contributed by atoms with Crippen LogP contribution in [0, 0.1) is 0 Å². The molecule has 0 saturated heterocycles. The van der Waals surface area contributed by atoms with Crippen molar-refractivity contribution in [3.63, 3.8) is 0 Å². The van der Waals surface area contributed by atoms with Gasteiger partial charge in [-0.2, -0.15) is 43.2 Å². The molecule has 0 radical (unpaired) electrons. The van der Waals surface area contributed by atoms with E-state index in [0.717, 1.165) is 12.1 Å². The molecule has 236 valence electrons. The van der Waals surface area contributed by atoms with Gasteiger partial charge in [0, 0.05) is 11.1 Å². The van der Waals surface area contributed by atoms with Crippen LogP contribution in [0.1, 0.15) is 0 Å². The minimum absolute atomic E-state index is 0.0856. The summed E-state index contributed by atoms with van der Waals surface area (Å²) in [4.78, 5) is 0. The van der Waals surface area contributed by atoms with Gasteiger partial charge < -0.3 is 8.37 Å². The van der Waals surface area contributed by atoms with Crippen molar-refractivity contribution in [2.45, 2.75) is 11.0 Å². The van der Waals surface area contributed by atoms with Crippen molar-refractivity contribution in [3.8, 4) is 33.8 Å². The number of hydrogen-bond acceptors (Lipinski definition) is 6. The molecule has 0 atom stereocenters. The molecule has 6 aromatic carbocycles. The summed E-state index contributed by atoms with van der Waals surface area (Å²) < 4.78 is 138. The van der Waals surface area contributed by atoms with Crippen LogP contribution < -0.4 is 8.37 Å². The number of hydrogen-bond donors (Lipinski definition) is 0. The largest absolute Gasteiger partial charge is 0.534 e. The molecule has 0 heterocycles. The van der Waals surface area contributed by atoms with Gasteiger partial charge in [0.2, 0.25) is 0 Å². The maximum atomic E-state index is 13.4. The van der Waals surface area contributed by atoms with Crippen molar-refractivity contribution in [3.05, 3.63) is 109 Å². The second-order valence-electron chi connectivity index (χ2n) is 10.1. The van der Waals surface area contributed by atoms with Crippen LogP contribution in [0.5, 0.6) is 11.5 Å². The van der Waals surface area contributed by atoms with Crippen LogP contribution in [0.4, 0.5) is 26.3 Å². The normalized spacial score (nSPS) is 12.9. The molecule has 6 nitrogen and oxygen atoms in total. The highest BCUT2D eigenvalue weighted by Crippen LogP contribution is 2.45. The first-order valence-electron chi connectivity index (χ1n) is 13.2. The minimum atomic E-state index is -6.21. The van der Waals surface area contributed by atoms with Crippen LogP contribution in [0.15, 0.2) is 109 Å². The molecular formula is C32H18F6O6S2. The fraction of sp³-hybridized carbons (Fsp3) is 0.0625. The van der Waals surface area contributed by atoms with E-state index in [4.69, 9.17) is 0 Å². The molecule has 0 aromatic heterocycles. The van der Waals surface area contributed by atoms with Gasteiger partial charge in [0.25, 0.3) is 0 Å². The van der Waals surface area contributed by atoms with E-state index in [9.17, 15) is 43.2 Å². The van der Waals surface area contributed by atoms with Gasteiger partial charge in [-0.05, 0) is 67.7 Å². The van der Waals surface area contributed by atoms with Crippen LogP contribution in [0.2, 0.25) is 0 Å². The molecule has 0 amide bonds. The molecule has 0 fully saturated rings. The first-order valence-corrected chi connectivity index (χ1v) is 16.0. The van der Waals surface area contributed by atoms with Gasteiger partial charge in [-0.3, -0.25) is 0 Å². The highest BCUT2D eigenvalue weighted by atomic mass is 32.2. The van der Waals surface area contributed by atoms with Gasteiger partial charge in [0.1, 0.15) is 0 Å². The van der Waals surface area contributed by atoms with E-state index in [2.05, 4.69) is 8.37 Å². The van der Waals surface area contributed by atoms with Gasteiger partial charge in [0.15, 0.2) is 11.5 Å². The topological polar surface area (TPSA) is 86.7 Å². The third kappa shape index (κ3) is 5.58. The number of halogens is 6. The Balaban J connectivity index is 1.69. The first kappa shape index (κ1) is 31.2. The summed E-state index contributed by atoms with van der Waals surface area (Å²) in [6.07, 6.45) is 0. The van der Waals surface area contributed by atoms with Crippen molar-refractivity contribution in [2.75, 3.05) is 0 Å². The Morgan fingerprint density at radius 3 is 1.15 bits per heavy atom. The van der Waals surface area contributed by atoms with Crippen molar-refractivity contribution >= 4 is 52.6 Å². The number of fused-ring (bicyclic) bond motifs is 3. The summed E-state index contributed by atoms with van der Waals surface area (Å²) in [6.45, 7) is 0. The Hall–Kier alpha value is -4.82. The molecule has 0 N–H and O–H groups in total. The molecule has 6 rings (SSSR count). The van der Waals surface area contributed by atoms with E-state index >= 15 is 0 Å². The molecule has 0 aliphatic carbocycles. The molecule has 0 spiro atoms. The molecule has 0 aliphatic rings. The number of benzene rings is 6. The van der Waals surface area contributed by atoms with E-state index in [-0.39, 0.29) is 21.9 Å². The Bertz CT molecular complexity index is 2210. The quantitative estimate of drug-likeness (QED) is 0.0995. The van der Waals surface area contributed by atoms with Crippen LogP contribution >= 0.6 is 0 Å². The van der Waals surface area contributed by atoms with Crippen LogP contribution in [-0.4, -0.2) is 27.9 Å². The van der Waals surface area contributed by atoms with E-state index in [1.165, 1.54) is 24.3 Å². The zero-order valence-electron chi connectivity index (χ0n) is 22.9. The Labute approximate surface area is 257 Å². The van der Waals surface area contributed by atoms with E-state index in [1.54, 1.807) is 72.8 Å². The SMILES string of the molecule is O=S(=O)(Oc1cc2cc(OS(=O)(=O)C(F)(F)F)c(-c3cccc4ccccc34)cc2cc1-c1cccc2ccccc12)C(F)(F)F. The summed E-state index contributed by atoms with van der Waals surface area (Å²) in [5.41, 5.74) is -11.2. The first-order chi connectivity index (χ1) is 21.6.